The number of benzene rings is 2. The van der Waals surface area contributed by atoms with Gasteiger partial charge >= 0.3 is 5.97 Å². The second-order valence-electron chi connectivity index (χ2n) is 5.12. The summed E-state index contributed by atoms with van der Waals surface area (Å²) in [6.45, 7) is 2.50. The normalized spacial score (nSPS) is 12.0. The number of carbonyl (C=O) groups is 1. The van der Waals surface area contributed by atoms with Crippen LogP contribution in [-0.4, -0.2) is 17.5 Å². The van der Waals surface area contributed by atoms with Gasteiger partial charge in [0.05, 0.1) is 0 Å². The summed E-state index contributed by atoms with van der Waals surface area (Å²) in [5.74, 6) is 0.306. The summed E-state index contributed by atoms with van der Waals surface area (Å²) in [5.41, 5.74) is 3.74. The Kier molecular flexibility index (Phi) is 4.10. The molecule has 2 aromatic carbocycles. The molecule has 0 saturated heterocycles. The first-order valence-corrected chi connectivity index (χ1v) is 7.30. The van der Waals surface area contributed by atoms with Crippen molar-refractivity contribution >= 4 is 22.6 Å². The van der Waals surface area contributed by atoms with Crippen LogP contribution >= 0.6 is 0 Å². The zero-order valence-corrected chi connectivity index (χ0v) is 12.4. The Balaban J connectivity index is 0.000000139. The molecule has 1 aromatic heterocycles. The average Bonchev–Trinajstić information content (AvgIpc) is 3.16. The first-order valence-electron chi connectivity index (χ1n) is 7.30. The van der Waals surface area contributed by atoms with Gasteiger partial charge in [-0.3, -0.25) is 4.79 Å². The molecule has 2 heterocycles. The number of H-pyrrole nitrogens is 1. The lowest BCUT2D eigenvalue weighted by Crippen LogP contribution is -2.01. The fourth-order valence-electron chi connectivity index (χ4n) is 2.54. The van der Waals surface area contributed by atoms with E-state index in [1.54, 1.807) is 6.07 Å². The van der Waals surface area contributed by atoms with Crippen molar-refractivity contribution in [2.45, 2.75) is 13.3 Å². The molecule has 0 fully saturated rings. The molecule has 0 aliphatic carbocycles. The third-order valence-electron chi connectivity index (χ3n) is 3.54. The van der Waals surface area contributed by atoms with Crippen molar-refractivity contribution in [2.75, 3.05) is 11.9 Å². The number of anilines is 1. The maximum Gasteiger partial charge on any atom is 0.308 e. The first-order chi connectivity index (χ1) is 10.7. The molecule has 4 rings (SSSR count). The van der Waals surface area contributed by atoms with Gasteiger partial charge in [-0.05, 0) is 36.2 Å². The fraction of sp³-hybridized carbons (Fsp3) is 0.167. The van der Waals surface area contributed by atoms with E-state index in [0.29, 0.717) is 5.75 Å². The Labute approximate surface area is 129 Å². The van der Waals surface area contributed by atoms with E-state index >= 15 is 0 Å². The molecule has 0 saturated carbocycles. The number of hydrogen-bond acceptors (Lipinski definition) is 3. The predicted molar refractivity (Wildman–Crippen MR) is 88.2 cm³/mol. The van der Waals surface area contributed by atoms with Gasteiger partial charge in [-0.25, -0.2) is 0 Å². The summed E-state index contributed by atoms with van der Waals surface area (Å²) >= 11 is 0. The van der Waals surface area contributed by atoms with Gasteiger partial charge in [0.25, 0.3) is 0 Å². The number of nitrogens with one attached hydrogen (secondary N) is 2. The number of esters is 1. The van der Waals surface area contributed by atoms with Crippen LogP contribution in [0.25, 0.3) is 10.9 Å². The van der Waals surface area contributed by atoms with E-state index in [2.05, 4.69) is 34.6 Å². The largest absolute Gasteiger partial charge is 0.426 e. The summed E-state index contributed by atoms with van der Waals surface area (Å²) < 4.78 is 5.03. The molecule has 22 heavy (non-hydrogen) atoms. The molecule has 0 radical (unpaired) electrons. The Morgan fingerprint density at radius 2 is 1.95 bits per heavy atom. The summed E-state index contributed by atoms with van der Waals surface area (Å²) in [5, 5.41) is 4.23. The van der Waals surface area contributed by atoms with Gasteiger partial charge in [-0.2, -0.15) is 0 Å². The van der Waals surface area contributed by atoms with Crippen LogP contribution in [0.4, 0.5) is 5.69 Å². The van der Waals surface area contributed by atoms with Crippen molar-refractivity contribution in [1.29, 1.82) is 0 Å². The fourth-order valence-corrected chi connectivity index (χ4v) is 2.54. The number of ether oxygens (including phenoxy) is 1. The number of rotatable bonds is 1. The van der Waals surface area contributed by atoms with Crippen LogP contribution in [0, 0.1) is 0 Å². The molecule has 0 bridgehead atoms. The molecular weight excluding hydrogens is 276 g/mol. The molecule has 1 aliphatic heterocycles. The maximum absolute atomic E-state index is 10.7. The first kappa shape index (κ1) is 14.2. The quantitative estimate of drug-likeness (QED) is 0.531. The molecule has 3 aromatic rings. The van der Waals surface area contributed by atoms with E-state index in [-0.39, 0.29) is 5.97 Å². The topological polar surface area (TPSA) is 54.1 Å². The molecular formula is C18H18N2O2. The van der Waals surface area contributed by atoms with Crippen molar-refractivity contribution in [1.82, 2.24) is 4.98 Å². The van der Waals surface area contributed by atoms with Crippen LogP contribution in [-0.2, 0) is 11.2 Å². The highest BCUT2D eigenvalue weighted by Gasteiger charge is 2.06. The van der Waals surface area contributed by atoms with Crippen molar-refractivity contribution in [3.8, 4) is 5.75 Å². The van der Waals surface area contributed by atoms with Crippen LogP contribution < -0.4 is 10.1 Å². The highest BCUT2D eigenvalue weighted by molar-refractivity contribution is 5.87. The van der Waals surface area contributed by atoms with Gasteiger partial charge in [0.15, 0.2) is 0 Å². The standard InChI is InChI=1S/C10H9NO2.C8H9N/c1-7(12)13-10-4-2-3-9-8(10)5-6-11-9;1-2-4-8-7(3-1)5-6-9-8/h2-6,11H,1H3;1-4,9H,5-6H2. The number of aromatic nitrogens is 1. The average molecular weight is 294 g/mol. The second-order valence-corrected chi connectivity index (χ2v) is 5.12. The summed E-state index contributed by atoms with van der Waals surface area (Å²) in [6.07, 6.45) is 3.01. The van der Waals surface area contributed by atoms with Crippen molar-refractivity contribution < 1.29 is 9.53 Å². The Morgan fingerprint density at radius 1 is 1.09 bits per heavy atom. The van der Waals surface area contributed by atoms with Crippen molar-refractivity contribution in [2.24, 2.45) is 0 Å². The maximum atomic E-state index is 10.7. The van der Waals surface area contributed by atoms with Gasteiger partial charge in [-0.15, -0.1) is 0 Å². The molecule has 4 nitrogen and oxygen atoms in total. The molecule has 1 aliphatic rings. The van der Waals surface area contributed by atoms with Gasteiger partial charge in [0.1, 0.15) is 5.75 Å². The number of para-hydroxylation sites is 1. The Bertz CT molecular complexity index is 769. The minimum Gasteiger partial charge on any atom is -0.426 e. The summed E-state index contributed by atoms with van der Waals surface area (Å²) in [7, 11) is 0. The Morgan fingerprint density at radius 3 is 2.77 bits per heavy atom. The van der Waals surface area contributed by atoms with Crippen LogP contribution in [0.3, 0.4) is 0 Å². The van der Waals surface area contributed by atoms with E-state index in [9.17, 15) is 4.79 Å². The molecule has 0 amide bonds. The van der Waals surface area contributed by atoms with E-state index < -0.39 is 0 Å². The number of aromatic amines is 1. The lowest BCUT2D eigenvalue weighted by molar-refractivity contribution is -0.131. The summed E-state index contributed by atoms with van der Waals surface area (Å²) in [4.78, 5) is 13.8. The Hall–Kier alpha value is -2.75. The van der Waals surface area contributed by atoms with E-state index in [4.69, 9.17) is 4.74 Å². The smallest absolute Gasteiger partial charge is 0.308 e. The molecule has 2 N–H and O–H groups in total. The van der Waals surface area contributed by atoms with Crippen LogP contribution in [0.2, 0.25) is 0 Å². The minimum atomic E-state index is -0.297. The number of fused-ring (bicyclic) bond motifs is 2. The predicted octanol–water partition coefficient (Wildman–Crippen LogP) is 3.75. The SMILES string of the molecule is CC(=O)Oc1cccc2[nH]ccc12.c1ccc2c(c1)CCN2. The van der Waals surface area contributed by atoms with Crippen molar-refractivity contribution in [3.63, 3.8) is 0 Å². The van der Waals surface area contributed by atoms with Gasteiger partial charge < -0.3 is 15.0 Å². The highest BCUT2D eigenvalue weighted by Crippen LogP contribution is 2.24. The van der Waals surface area contributed by atoms with Gasteiger partial charge in [0, 0.05) is 36.3 Å². The minimum absolute atomic E-state index is 0.297. The molecule has 0 spiro atoms. The van der Waals surface area contributed by atoms with Crippen LogP contribution in [0.1, 0.15) is 12.5 Å². The van der Waals surface area contributed by atoms with E-state index in [1.807, 2.05) is 24.4 Å². The molecule has 0 unspecified atom stereocenters. The second kappa shape index (κ2) is 6.35. The number of hydrogen-bond donors (Lipinski definition) is 2. The van der Waals surface area contributed by atoms with Crippen LogP contribution in [0.5, 0.6) is 5.75 Å². The monoisotopic (exact) mass is 294 g/mol. The van der Waals surface area contributed by atoms with Gasteiger partial charge in [-0.1, -0.05) is 24.3 Å². The highest BCUT2D eigenvalue weighted by atomic mass is 16.5. The zero-order valence-electron chi connectivity index (χ0n) is 12.4. The van der Waals surface area contributed by atoms with E-state index in [0.717, 1.165) is 17.4 Å². The van der Waals surface area contributed by atoms with Crippen molar-refractivity contribution in [3.05, 3.63) is 60.3 Å². The summed E-state index contributed by atoms with van der Waals surface area (Å²) in [6, 6.07) is 15.9. The molecule has 4 heteroatoms. The van der Waals surface area contributed by atoms with E-state index in [1.165, 1.54) is 24.6 Å². The third-order valence-corrected chi connectivity index (χ3v) is 3.54. The number of carbonyl (C=O) groups excluding carboxylic acids is 1. The lowest BCUT2D eigenvalue weighted by atomic mass is 10.2. The molecule has 112 valence electrons. The molecule has 0 atom stereocenters. The zero-order chi connectivity index (χ0) is 15.4. The lowest BCUT2D eigenvalue weighted by Gasteiger charge is -2.01. The third kappa shape index (κ3) is 3.11. The van der Waals surface area contributed by atoms with Gasteiger partial charge in [0.2, 0.25) is 0 Å². The van der Waals surface area contributed by atoms with Crippen LogP contribution in [0.15, 0.2) is 54.7 Å².